The third-order valence-electron chi connectivity index (χ3n) is 5.21. The van der Waals surface area contributed by atoms with Gasteiger partial charge in [-0.1, -0.05) is 48.0 Å². The molecule has 9 heteroatoms. The van der Waals surface area contributed by atoms with Crippen molar-refractivity contribution in [2.45, 2.75) is 32.1 Å². The highest BCUT2D eigenvalue weighted by Crippen LogP contribution is 2.37. The lowest BCUT2D eigenvalue weighted by atomic mass is 10.0. The van der Waals surface area contributed by atoms with Crippen molar-refractivity contribution in [3.8, 4) is 11.1 Å². The molecule has 178 valence electrons. The van der Waals surface area contributed by atoms with E-state index in [1.807, 2.05) is 0 Å². The number of amides is 1. The van der Waals surface area contributed by atoms with Gasteiger partial charge in [0, 0.05) is 16.3 Å². The van der Waals surface area contributed by atoms with Crippen LogP contribution in [0, 0.1) is 6.92 Å². The minimum absolute atomic E-state index is 0.0470. The van der Waals surface area contributed by atoms with Crippen LogP contribution in [0.1, 0.15) is 34.5 Å². The molecule has 0 aliphatic rings. The number of hydrogen-bond acceptors (Lipinski definition) is 3. The molecule has 0 fully saturated rings. The van der Waals surface area contributed by atoms with Crippen molar-refractivity contribution in [1.29, 1.82) is 0 Å². The molecule has 3 N–H and O–H groups in total. The van der Waals surface area contributed by atoms with E-state index < -0.39 is 30.1 Å². The van der Waals surface area contributed by atoms with Crippen molar-refractivity contribution >= 4 is 29.2 Å². The van der Waals surface area contributed by atoms with Crippen molar-refractivity contribution in [1.82, 2.24) is 5.32 Å². The second kappa shape index (κ2) is 10.2. The van der Waals surface area contributed by atoms with Crippen molar-refractivity contribution in [3.63, 3.8) is 0 Å². The summed E-state index contributed by atoms with van der Waals surface area (Å²) < 4.78 is 41.5. The number of aryl methyl sites for hydroxylation is 1. The predicted octanol–water partition coefficient (Wildman–Crippen LogP) is 6.23. The Balaban J connectivity index is 1.82. The Bertz CT molecular complexity index is 1200. The van der Waals surface area contributed by atoms with Gasteiger partial charge in [0.2, 0.25) is 0 Å². The quantitative estimate of drug-likeness (QED) is 0.366. The van der Waals surface area contributed by atoms with Crippen LogP contribution in [-0.4, -0.2) is 29.2 Å². The van der Waals surface area contributed by atoms with Gasteiger partial charge in [-0.3, -0.25) is 9.59 Å². The van der Waals surface area contributed by atoms with Crippen molar-refractivity contribution in [2.75, 3.05) is 5.32 Å². The minimum Gasteiger partial charge on any atom is -0.480 e. The Morgan fingerprint density at radius 1 is 0.971 bits per heavy atom. The summed E-state index contributed by atoms with van der Waals surface area (Å²) in [5.41, 5.74) is 2.45. The van der Waals surface area contributed by atoms with E-state index >= 15 is 0 Å². The smallest absolute Gasteiger partial charge is 0.412 e. The number of aliphatic carboxylic acids is 1. The number of nitrogens with one attached hydrogen (secondary N) is 2. The molecule has 1 amide bonds. The maximum atomic E-state index is 13.8. The number of hydrogen-bond donors (Lipinski definition) is 3. The fraction of sp³-hybridized carbons (Fsp3) is 0.200. The van der Waals surface area contributed by atoms with Gasteiger partial charge in [0.1, 0.15) is 12.1 Å². The largest absolute Gasteiger partial charge is 0.480 e. The molecule has 5 nitrogen and oxygen atoms in total. The zero-order chi connectivity index (χ0) is 25.0. The summed E-state index contributed by atoms with van der Waals surface area (Å²) in [6.07, 6.45) is -4.54. The molecule has 0 saturated carbocycles. The highest BCUT2D eigenvalue weighted by Gasteiger charge is 2.41. The number of alkyl halides is 3. The molecular formula is C25H22ClF3N2O3. The van der Waals surface area contributed by atoms with Gasteiger partial charge in [0.05, 0.1) is 0 Å². The number of carboxylic acids is 1. The SMILES string of the molecule is Cc1cc([C@H](Nc2cccc(-c3ccc(C(=O)NC(C)C(=O)O)cc3)c2)C(F)(F)F)ccc1Cl. The molecule has 0 aliphatic carbocycles. The first kappa shape index (κ1) is 25.1. The van der Waals surface area contributed by atoms with Gasteiger partial charge >= 0.3 is 12.1 Å². The van der Waals surface area contributed by atoms with E-state index in [1.165, 1.54) is 37.3 Å². The summed E-state index contributed by atoms with van der Waals surface area (Å²) in [6, 6.07) is 14.1. The molecule has 2 atom stereocenters. The summed E-state index contributed by atoms with van der Waals surface area (Å²) in [6.45, 7) is 3.00. The van der Waals surface area contributed by atoms with Crippen LogP contribution in [0.4, 0.5) is 18.9 Å². The lowest BCUT2D eigenvalue weighted by molar-refractivity contribution is -0.144. The Labute approximate surface area is 199 Å². The molecule has 3 rings (SSSR count). The zero-order valence-corrected chi connectivity index (χ0v) is 19.0. The summed E-state index contributed by atoms with van der Waals surface area (Å²) in [5.74, 6) is -1.69. The zero-order valence-electron chi connectivity index (χ0n) is 18.3. The maximum Gasteiger partial charge on any atom is 0.412 e. The number of carbonyl (C=O) groups is 2. The average molecular weight is 491 g/mol. The van der Waals surface area contributed by atoms with Gasteiger partial charge in [0.25, 0.3) is 5.91 Å². The number of carboxylic acid groups (broad SMARTS) is 1. The van der Waals surface area contributed by atoms with Gasteiger partial charge in [-0.15, -0.1) is 0 Å². The van der Waals surface area contributed by atoms with Crippen LogP contribution in [0.3, 0.4) is 0 Å². The van der Waals surface area contributed by atoms with E-state index in [-0.39, 0.29) is 16.8 Å². The van der Waals surface area contributed by atoms with Gasteiger partial charge in [-0.05, 0) is 66.4 Å². The summed E-state index contributed by atoms with van der Waals surface area (Å²) in [7, 11) is 0. The fourth-order valence-electron chi connectivity index (χ4n) is 3.31. The van der Waals surface area contributed by atoms with E-state index in [1.54, 1.807) is 43.3 Å². The number of anilines is 1. The predicted molar refractivity (Wildman–Crippen MR) is 125 cm³/mol. The van der Waals surface area contributed by atoms with Crippen molar-refractivity contribution in [2.24, 2.45) is 0 Å². The molecular weight excluding hydrogens is 469 g/mol. The molecule has 0 heterocycles. The minimum atomic E-state index is -4.54. The van der Waals surface area contributed by atoms with E-state index in [0.29, 0.717) is 21.7 Å². The van der Waals surface area contributed by atoms with Gasteiger partial charge in [-0.2, -0.15) is 13.2 Å². The molecule has 3 aromatic rings. The third-order valence-corrected chi connectivity index (χ3v) is 5.64. The molecule has 0 saturated heterocycles. The molecule has 34 heavy (non-hydrogen) atoms. The number of rotatable bonds is 7. The van der Waals surface area contributed by atoms with Crippen LogP contribution in [-0.2, 0) is 4.79 Å². The van der Waals surface area contributed by atoms with Gasteiger partial charge < -0.3 is 15.7 Å². The van der Waals surface area contributed by atoms with Crippen molar-refractivity contribution in [3.05, 3.63) is 88.4 Å². The Kier molecular flexibility index (Phi) is 7.51. The molecule has 0 aliphatic heterocycles. The van der Waals surface area contributed by atoms with Gasteiger partial charge in [-0.25, -0.2) is 0 Å². The summed E-state index contributed by atoms with van der Waals surface area (Å²) >= 11 is 5.96. The highest BCUT2D eigenvalue weighted by molar-refractivity contribution is 6.31. The standard InChI is InChI=1S/C25H22ClF3N2O3/c1-14-12-19(10-11-21(14)26)22(25(27,28)29)31-20-5-3-4-18(13-20)16-6-8-17(9-7-16)23(32)30-15(2)24(33)34/h3-13,15,22,31H,1-2H3,(H,30,32)(H,33,34)/t15?,22-/m0/s1. The van der Waals surface area contributed by atoms with Crippen LogP contribution in [0.15, 0.2) is 66.7 Å². The Hall–Kier alpha value is -3.52. The molecule has 0 spiro atoms. The summed E-state index contributed by atoms with van der Waals surface area (Å²) in [4.78, 5) is 23.1. The number of halogens is 4. The second-order valence-electron chi connectivity index (χ2n) is 7.82. The lowest BCUT2D eigenvalue weighted by Gasteiger charge is -2.24. The van der Waals surface area contributed by atoms with E-state index in [0.717, 1.165) is 0 Å². The second-order valence-corrected chi connectivity index (χ2v) is 8.23. The van der Waals surface area contributed by atoms with Crippen LogP contribution < -0.4 is 10.6 Å². The van der Waals surface area contributed by atoms with Crippen LogP contribution >= 0.6 is 11.6 Å². The molecule has 1 unspecified atom stereocenters. The van der Waals surface area contributed by atoms with Crippen LogP contribution in [0.2, 0.25) is 5.02 Å². The third kappa shape index (κ3) is 6.08. The highest BCUT2D eigenvalue weighted by atomic mass is 35.5. The van der Waals surface area contributed by atoms with Gasteiger partial charge in [0.15, 0.2) is 0 Å². The molecule has 3 aromatic carbocycles. The van der Waals surface area contributed by atoms with E-state index in [2.05, 4.69) is 10.6 Å². The Morgan fingerprint density at radius 2 is 1.65 bits per heavy atom. The van der Waals surface area contributed by atoms with E-state index in [4.69, 9.17) is 16.7 Å². The summed E-state index contributed by atoms with van der Waals surface area (Å²) in [5, 5.41) is 14.2. The monoisotopic (exact) mass is 490 g/mol. The van der Waals surface area contributed by atoms with Crippen LogP contribution in [0.5, 0.6) is 0 Å². The number of carbonyl (C=O) groups excluding carboxylic acids is 1. The lowest BCUT2D eigenvalue weighted by Crippen LogP contribution is -2.38. The first-order valence-electron chi connectivity index (χ1n) is 10.3. The van der Waals surface area contributed by atoms with Crippen molar-refractivity contribution < 1.29 is 27.9 Å². The first-order chi connectivity index (χ1) is 16.0. The average Bonchev–Trinajstić information content (AvgIpc) is 2.79. The van der Waals surface area contributed by atoms with E-state index in [9.17, 15) is 22.8 Å². The molecule has 0 bridgehead atoms. The Morgan fingerprint density at radius 3 is 2.24 bits per heavy atom. The first-order valence-corrected chi connectivity index (χ1v) is 10.7. The topological polar surface area (TPSA) is 78.4 Å². The van der Waals surface area contributed by atoms with Crippen LogP contribution in [0.25, 0.3) is 11.1 Å². The maximum absolute atomic E-state index is 13.8. The normalized spacial score (nSPS) is 13.1. The molecule has 0 aromatic heterocycles. The fourth-order valence-corrected chi connectivity index (χ4v) is 3.43. The number of benzene rings is 3. The molecule has 0 radical (unpaired) electrons.